The Morgan fingerprint density at radius 1 is 1.33 bits per heavy atom. The number of allylic oxidation sites excluding steroid dienone is 1. The lowest BCUT2D eigenvalue weighted by Crippen LogP contribution is -2.11. The molecule has 0 saturated carbocycles. The highest BCUT2D eigenvalue weighted by molar-refractivity contribution is 5.69. The van der Waals surface area contributed by atoms with Crippen LogP contribution >= 0.6 is 0 Å². The van der Waals surface area contributed by atoms with Crippen LogP contribution in [0.5, 0.6) is 5.75 Å². The van der Waals surface area contributed by atoms with Crippen LogP contribution in [0.1, 0.15) is 33.3 Å². The highest BCUT2D eigenvalue weighted by atomic mass is 16.5. The Labute approximate surface area is 111 Å². The van der Waals surface area contributed by atoms with Crippen molar-refractivity contribution in [2.24, 2.45) is 0 Å². The van der Waals surface area contributed by atoms with Gasteiger partial charge in [-0.25, -0.2) is 0 Å². The summed E-state index contributed by atoms with van der Waals surface area (Å²) in [7, 11) is 2.04. The maximum atomic E-state index is 5.73. The van der Waals surface area contributed by atoms with Crippen LogP contribution in [0, 0.1) is 0 Å². The van der Waals surface area contributed by atoms with E-state index in [-0.39, 0.29) is 6.10 Å². The molecule has 98 valence electrons. The number of nitrogens with zero attached hydrogens (tertiary/aromatic N) is 1. The van der Waals surface area contributed by atoms with Gasteiger partial charge in [0.25, 0.3) is 0 Å². The summed E-state index contributed by atoms with van der Waals surface area (Å²) in [5.41, 5.74) is 3.46. The van der Waals surface area contributed by atoms with Crippen LogP contribution in [0.2, 0.25) is 0 Å². The van der Waals surface area contributed by atoms with Crippen molar-refractivity contribution in [1.29, 1.82) is 0 Å². The topological polar surface area (TPSA) is 12.5 Å². The molecule has 0 heterocycles. The number of ether oxygens (including phenoxy) is 1. The highest BCUT2D eigenvalue weighted by Crippen LogP contribution is 2.27. The monoisotopic (exact) mass is 245 g/mol. The molecular weight excluding hydrogens is 222 g/mol. The molecule has 0 spiro atoms. The van der Waals surface area contributed by atoms with Crippen LogP contribution in [0.3, 0.4) is 0 Å². The van der Waals surface area contributed by atoms with Crippen LogP contribution in [0.15, 0.2) is 36.6 Å². The summed E-state index contributed by atoms with van der Waals surface area (Å²) in [5, 5.41) is 0. The molecule has 0 bridgehead atoms. The molecule has 0 amide bonds. The molecule has 0 aliphatic rings. The molecule has 0 aliphatic carbocycles. The maximum Gasteiger partial charge on any atom is 0.121 e. The Morgan fingerprint density at radius 3 is 2.50 bits per heavy atom. The average molecular weight is 245 g/mol. The molecule has 0 saturated heterocycles. The van der Waals surface area contributed by atoms with E-state index in [1.807, 2.05) is 39.1 Å². The molecule has 0 N–H and O–H groups in total. The maximum absolute atomic E-state index is 5.73. The summed E-state index contributed by atoms with van der Waals surface area (Å²) >= 11 is 0. The molecule has 1 aromatic rings. The third-order valence-corrected chi connectivity index (χ3v) is 2.43. The lowest BCUT2D eigenvalue weighted by Gasteiger charge is -2.20. The van der Waals surface area contributed by atoms with E-state index in [1.54, 1.807) is 0 Å². The first-order chi connectivity index (χ1) is 8.43. The van der Waals surface area contributed by atoms with Crippen molar-refractivity contribution in [3.8, 4) is 5.75 Å². The molecule has 0 aromatic heterocycles. The van der Waals surface area contributed by atoms with Crippen molar-refractivity contribution in [2.45, 2.75) is 33.8 Å². The van der Waals surface area contributed by atoms with Crippen molar-refractivity contribution in [2.75, 3.05) is 11.9 Å². The second kappa shape index (κ2) is 6.29. The Bertz CT molecular complexity index is 442. The molecule has 1 rings (SSSR count). The normalized spacial score (nSPS) is 10.1. The molecule has 2 heteroatoms. The number of benzene rings is 1. The molecule has 0 unspecified atom stereocenters. The number of hydrogen-bond donors (Lipinski definition) is 0. The Kier molecular flexibility index (Phi) is 5.02. The number of hydrogen-bond acceptors (Lipinski definition) is 2. The SMILES string of the molecule is C=Cc1ccc(OC(C)C)cc1N(C)C=C(C)C. The van der Waals surface area contributed by atoms with Crippen molar-refractivity contribution < 1.29 is 4.74 Å². The minimum absolute atomic E-state index is 0.182. The lowest BCUT2D eigenvalue weighted by molar-refractivity contribution is 0.242. The van der Waals surface area contributed by atoms with Gasteiger partial charge in [0.15, 0.2) is 0 Å². The van der Waals surface area contributed by atoms with Gasteiger partial charge in [-0.15, -0.1) is 0 Å². The van der Waals surface area contributed by atoms with Crippen molar-refractivity contribution >= 4 is 11.8 Å². The molecule has 18 heavy (non-hydrogen) atoms. The predicted molar refractivity (Wildman–Crippen MR) is 80.1 cm³/mol. The third kappa shape index (κ3) is 3.95. The van der Waals surface area contributed by atoms with Crippen molar-refractivity contribution in [3.63, 3.8) is 0 Å². The Balaban J connectivity index is 3.13. The summed E-state index contributed by atoms with van der Waals surface area (Å²) in [5.74, 6) is 0.889. The third-order valence-electron chi connectivity index (χ3n) is 2.43. The number of anilines is 1. The van der Waals surface area contributed by atoms with Gasteiger partial charge in [0.2, 0.25) is 0 Å². The second-order valence-electron chi connectivity index (χ2n) is 4.91. The first-order valence-electron chi connectivity index (χ1n) is 6.25. The van der Waals surface area contributed by atoms with Gasteiger partial charge in [0.05, 0.1) is 11.8 Å². The largest absolute Gasteiger partial charge is 0.491 e. The van der Waals surface area contributed by atoms with E-state index in [1.165, 1.54) is 5.57 Å². The smallest absolute Gasteiger partial charge is 0.121 e. The first kappa shape index (κ1) is 14.4. The minimum atomic E-state index is 0.182. The second-order valence-corrected chi connectivity index (χ2v) is 4.91. The van der Waals surface area contributed by atoms with Gasteiger partial charge in [-0.1, -0.05) is 18.2 Å². The van der Waals surface area contributed by atoms with E-state index in [2.05, 4.69) is 37.6 Å². The predicted octanol–water partition coefficient (Wildman–Crippen LogP) is 4.48. The molecule has 0 atom stereocenters. The molecule has 0 fully saturated rings. The first-order valence-corrected chi connectivity index (χ1v) is 6.25. The zero-order chi connectivity index (χ0) is 13.7. The van der Waals surface area contributed by atoms with Crippen LogP contribution in [0.4, 0.5) is 5.69 Å². The average Bonchev–Trinajstić information content (AvgIpc) is 2.27. The van der Waals surface area contributed by atoms with E-state index in [0.29, 0.717) is 0 Å². The van der Waals surface area contributed by atoms with Crippen molar-refractivity contribution in [1.82, 2.24) is 0 Å². The van der Waals surface area contributed by atoms with Gasteiger partial charge in [0.1, 0.15) is 5.75 Å². The quantitative estimate of drug-likeness (QED) is 0.758. The van der Waals surface area contributed by atoms with Gasteiger partial charge < -0.3 is 9.64 Å². The lowest BCUT2D eigenvalue weighted by atomic mass is 10.1. The van der Waals surface area contributed by atoms with E-state index in [0.717, 1.165) is 17.0 Å². The zero-order valence-corrected chi connectivity index (χ0v) is 12.0. The number of rotatable bonds is 5. The van der Waals surface area contributed by atoms with E-state index < -0.39 is 0 Å². The van der Waals surface area contributed by atoms with Crippen LogP contribution in [-0.2, 0) is 0 Å². The summed E-state index contributed by atoms with van der Waals surface area (Å²) in [4.78, 5) is 2.10. The van der Waals surface area contributed by atoms with Gasteiger partial charge in [-0.3, -0.25) is 0 Å². The van der Waals surface area contributed by atoms with E-state index in [4.69, 9.17) is 4.74 Å². The molecule has 2 nitrogen and oxygen atoms in total. The van der Waals surface area contributed by atoms with Crippen LogP contribution in [0.25, 0.3) is 6.08 Å². The Morgan fingerprint density at radius 2 is 2.00 bits per heavy atom. The van der Waals surface area contributed by atoms with Gasteiger partial charge >= 0.3 is 0 Å². The minimum Gasteiger partial charge on any atom is -0.491 e. The molecule has 1 aromatic carbocycles. The standard InChI is InChI=1S/C16H23NO/c1-7-14-8-9-15(18-13(4)5)10-16(14)17(6)11-12(2)3/h7-11,13H,1H2,2-6H3. The fourth-order valence-corrected chi connectivity index (χ4v) is 1.80. The fraction of sp³-hybridized carbons (Fsp3) is 0.375. The van der Waals surface area contributed by atoms with Crippen molar-refractivity contribution in [3.05, 3.63) is 42.1 Å². The molecular formula is C16H23NO. The van der Waals surface area contributed by atoms with E-state index in [9.17, 15) is 0 Å². The Hall–Kier alpha value is -1.70. The highest BCUT2D eigenvalue weighted by Gasteiger charge is 2.07. The summed E-state index contributed by atoms with van der Waals surface area (Å²) in [6, 6.07) is 6.07. The van der Waals surface area contributed by atoms with E-state index >= 15 is 0 Å². The summed E-state index contributed by atoms with van der Waals surface area (Å²) in [6.07, 6.45) is 4.15. The zero-order valence-electron chi connectivity index (χ0n) is 12.0. The van der Waals surface area contributed by atoms with Gasteiger partial charge in [0, 0.05) is 19.3 Å². The summed E-state index contributed by atoms with van der Waals surface area (Å²) < 4.78 is 5.73. The van der Waals surface area contributed by atoms with Gasteiger partial charge in [-0.05, 0) is 45.4 Å². The van der Waals surface area contributed by atoms with Gasteiger partial charge in [-0.2, -0.15) is 0 Å². The fourth-order valence-electron chi connectivity index (χ4n) is 1.80. The van der Waals surface area contributed by atoms with Crippen LogP contribution in [-0.4, -0.2) is 13.2 Å². The van der Waals surface area contributed by atoms with Crippen LogP contribution < -0.4 is 9.64 Å². The summed E-state index contributed by atoms with van der Waals surface area (Å²) in [6.45, 7) is 12.1. The molecule has 0 radical (unpaired) electrons. The molecule has 0 aliphatic heterocycles.